The summed E-state index contributed by atoms with van der Waals surface area (Å²) in [6, 6.07) is 24.1. The molecule has 3 aromatic carbocycles. The van der Waals surface area contributed by atoms with Crippen LogP contribution in [0.15, 0.2) is 77.2 Å². The molecule has 0 atom stereocenters. The minimum absolute atomic E-state index is 0.657. The van der Waals surface area contributed by atoms with Crippen LogP contribution in [0.25, 0.3) is 22.3 Å². The van der Waals surface area contributed by atoms with Gasteiger partial charge in [0.1, 0.15) is 24.1 Å². The van der Waals surface area contributed by atoms with Gasteiger partial charge in [-0.2, -0.15) is 0 Å². The largest absolute Gasteiger partial charge is 0.497 e. The standard InChI is InChI=1S/C26H26NO4/c1-27(17-18-8-6-5-7-9-18)22-16-25(19-10-12-24(29-3)26(14-19)30-4)31-23-13-11-20(28-2)15-21(22)23/h5-16H,17H2,1-4H3/q+1. The van der Waals surface area contributed by atoms with Crippen molar-refractivity contribution in [1.29, 1.82) is 0 Å². The lowest BCUT2D eigenvalue weighted by Gasteiger charge is -2.10. The summed E-state index contributed by atoms with van der Waals surface area (Å²) in [7, 11) is 7.01. The van der Waals surface area contributed by atoms with E-state index in [4.69, 9.17) is 18.6 Å². The van der Waals surface area contributed by atoms with Crippen LogP contribution in [0.3, 0.4) is 0 Å². The summed E-state index contributed by atoms with van der Waals surface area (Å²) in [5.74, 6) is 2.87. The van der Waals surface area contributed by atoms with Gasteiger partial charge in [-0.3, -0.25) is 0 Å². The van der Waals surface area contributed by atoms with E-state index in [-0.39, 0.29) is 0 Å². The van der Waals surface area contributed by atoms with Gasteiger partial charge in [-0.05, 0) is 36.4 Å². The molecule has 0 spiro atoms. The Kier molecular flexibility index (Phi) is 5.94. The van der Waals surface area contributed by atoms with Crippen molar-refractivity contribution >= 4 is 11.0 Å². The second-order valence-corrected chi connectivity index (χ2v) is 7.27. The lowest BCUT2D eigenvalue weighted by atomic mass is 10.1. The highest BCUT2D eigenvalue weighted by atomic mass is 16.5. The van der Waals surface area contributed by atoms with Gasteiger partial charge >= 0.3 is 0 Å². The molecule has 0 aliphatic heterocycles. The van der Waals surface area contributed by atoms with Gasteiger partial charge in [0, 0.05) is 11.1 Å². The zero-order valence-electron chi connectivity index (χ0n) is 18.2. The van der Waals surface area contributed by atoms with Gasteiger partial charge in [-0.25, -0.2) is 4.58 Å². The molecule has 0 aliphatic carbocycles. The summed E-state index contributed by atoms with van der Waals surface area (Å²) in [5, 5.41) is 2.04. The first-order valence-corrected chi connectivity index (χ1v) is 10.1. The van der Waals surface area contributed by atoms with Gasteiger partial charge in [0.2, 0.25) is 5.36 Å². The van der Waals surface area contributed by atoms with Crippen LogP contribution in [0.1, 0.15) is 5.56 Å². The van der Waals surface area contributed by atoms with Crippen molar-refractivity contribution in [2.24, 2.45) is 0 Å². The van der Waals surface area contributed by atoms with E-state index in [2.05, 4.69) is 42.0 Å². The van der Waals surface area contributed by atoms with E-state index in [0.29, 0.717) is 11.5 Å². The van der Waals surface area contributed by atoms with Crippen molar-refractivity contribution in [3.63, 3.8) is 0 Å². The van der Waals surface area contributed by atoms with Crippen molar-refractivity contribution in [2.75, 3.05) is 28.4 Å². The Labute approximate surface area is 181 Å². The van der Waals surface area contributed by atoms with Crippen molar-refractivity contribution in [2.45, 2.75) is 6.54 Å². The molecule has 0 unspecified atom stereocenters. The number of hydrogen-bond acceptors (Lipinski definition) is 4. The molecule has 5 nitrogen and oxygen atoms in total. The number of fused-ring (bicyclic) bond motifs is 1. The topological polar surface area (TPSA) is 43.8 Å². The first kappa shape index (κ1) is 20.5. The van der Waals surface area contributed by atoms with Crippen LogP contribution in [0.2, 0.25) is 0 Å². The van der Waals surface area contributed by atoms with Crippen LogP contribution in [0, 0.1) is 0 Å². The maximum absolute atomic E-state index is 6.28. The third-order valence-corrected chi connectivity index (χ3v) is 5.29. The number of hydrogen-bond donors (Lipinski definition) is 0. The molecule has 0 N–H and O–H groups in total. The van der Waals surface area contributed by atoms with E-state index >= 15 is 0 Å². The van der Waals surface area contributed by atoms with Gasteiger partial charge in [0.25, 0.3) is 0 Å². The molecule has 1 heterocycles. The number of ether oxygens (including phenoxy) is 3. The van der Waals surface area contributed by atoms with Crippen molar-refractivity contribution < 1.29 is 18.6 Å². The lowest BCUT2D eigenvalue weighted by molar-refractivity contribution is 0.355. The third-order valence-electron chi connectivity index (χ3n) is 5.29. The van der Waals surface area contributed by atoms with E-state index < -0.39 is 0 Å². The summed E-state index contributed by atoms with van der Waals surface area (Å²) in [6.07, 6.45) is 0. The highest BCUT2D eigenvalue weighted by molar-refractivity contribution is 5.80. The van der Waals surface area contributed by atoms with Crippen molar-refractivity contribution in [1.82, 2.24) is 4.58 Å². The van der Waals surface area contributed by atoms with Crippen LogP contribution < -0.4 is 24.1 Å². The number of benzene rings is 3. The molecule has 0 saturated carbocycles. The highest BCUT2D eigenvalue weighted by Crippen LogP contribution is 2.33. The van der Waals surface area contributed by atoms with E-state index in [0.717, 1.165) is 39.9 Å². The fourth-order valence-electron chi connectivity index (χ4n) is 3.67. The Morgan fingerprint density at radius 3 is 2.26 bits per heavy atom. The molecule has 4 aromatic rings. The maximum atomic E-state index is 6.28. The molecule has 5 heteroatoms. The fourth-order valence-corrected chi connectivity index (χ4v) is 3.67. The van der Waals surface area contributed by atoms with Crippen LogP contribution in [-0.2, 0) is 6.54 Å². The van der Waals surface area contributed by atoms with E-state index in [1.54, 1.807) is 21.3 Å². The minimum Gasteiger partial charge on any atom is -0.497 e. The Morgan fingerprint density at radius 1 is 0.774 bits per heavy atom. The molecule has 31 heavy (non-hydrogen) atoms. The Bertz CT molecular complexity index is 1280. The molecule has 0 saturated heterocycles. The average molecular weight is 416 g/mol. The van der Waals surface area contributed by atoms with Gasteiger partial charge in [0.05, 0.1) is 32.8 Å². The highest BCUT2D eigenvalue weighted by Gasteiger charge is 2.14. The number of rotatable bonds is 6. The normalized spacial score (nSPS) is 11.9. The van der Waals surface area contributed by atoms with Gasteiger partial charge in [-0.15, -0.1) is 0 Å². The molecular formula is C26H26NO4+. The molecule has 0 radical (unpaired) electrons. The second kappa shape index (κ2) is 8.96. The Hall–Kier alpha value is -3.73. The molecule has 0 aliphatic rings. The van der Waals surface area contributed by atoms with Crippen molar-refractivity contribution in [3.8, 4) is 28.6 Å². The average Bonchev–Trinajstić information content (AvgIpc) is 2.83. The molecule has 0 bridgehead atoms. The van der Waals surface area contributed by atoms with E-state index in [9.17, 15) is 0 Å². The van der Waals surface area contributed by atoms with Gasteiger partial charge < -0.3 is 18.6 Å². The first-order chi connectivity index (χ1) is 15.1. The summed E-state index contributed by atoms with van der Waals surface area (Å²) < 4.78 is 24.8. The van der Waals surface area contributed by atoms with Crippen molar-refractivity contribution in [3.05, 3.63) is 83.7 Å². The third kappa shape index (κ3) is 4.26. The monoisotopic (exact) mass is 416 g/mol. The van der Waals surface area contributed by atoms with Crippen LogP contribution in [0.4, 0.5) is 0 Å². The van der Waals surface area contributed by atoms with E-state index in [1.807, 2.05) is 42.5 Å². The number of methoxy groups -OCH3 is 3. The predicted octanol–water partition coefficient (Wildman–Crippen LogP) is 4.73. The zero-order chi connectivity index (χ0) is 21.8. The number of nitrogens with zero attached hydrogens (tertiary/aromatic N) is 1. The smallest absolute Gasteiger partial charge is 0.214 e. The Balaban J connectivity index is 1.94. The second-order valence-electron chi connectivity index (χ2n) is 7.27. The van der Waals surface area contributed by atoms with Gasteiger partial charge in [-0.1, -0.05) is 30.3 Å². The summed E-state index contributed by atoms with van der Waals surface area (Å²) >= 11 is 0. The summed E-state index contributed by atoms with van der Waals surface area (Å²) in [6.45, 7) is 0.766. The minimum atomic E-state index is 0.657. The van der Waals surface area contributed by atoms with Crippen LogP contribution in [0.5, 0.6) is 17.2 Å². The van der Waals surface area contributed by atoms with Gasteiger partial charge in [0.15, 0.2) is 18.0 Å². The molecule has 1 aromatic heterocycles. The first-order valence-electron chi connectivity index (χ1n) is 10.1. The van der Waals surface area contributed by atoms with E-state index in [1.165, 1.54) is 5.56 Å². The molecule has 0 amide bonds. The summed E-state index contributed by atoms with van der Waals surface area (Å²) in [4.78, 5) is 0. The lowest BCUT2D eigenvalue weighted by Crippen LogP contribution is -2.26. The quantitative estimate of drug-likeness (QED) is 0.426. The molecular weight excluding hydrogens is 390 g/mol. The zero-order valence-corrected chi connectivity index (χ0v) is 18.2. The SMILES string of the molecule is COc1ccc2oc(-c3ccc(OC)c(OC)c3)cc(=[N+](C)Cc3ccccc3)c2c1. The maximum Gasteiger partial charge on any atom is 0.214 e. The molecule has 158 valence electrons. The summed E-state index contributed by atoms with van der Waals surface area (Å²) in [5.41, 5.74) is 2.92. The van der Waals surface area contributed by atoms with Crippen LogP contribution in [-0.4, -0.2) is 28.4 Å². The fraction of sp³-hybridized carbons (Fsp3) is 0.192. The van der Waals surface area contributed by atoms with Crippen LogP contribution >= 0.6 is 0 Å². The Morgan fingerprint density at radius 2 is 1.55 bits per heavy atom. The molecule has 4 rings (SSSR count). The predicted molar refractivity (Wildman–Crippen MR) is 123 cm³/mol. The molecule has 0 fully saturated rings.